The summed E-state index contributed by atoms with van der Waals surface area (Å²) in [5.41, 5.74) is 6.78. The van der Waals surface area contributed by atoms with E-state index in [4.69, 9.17) is 10.1 Å². The Labute approximate surface area is 197 Å². The van der Waals surface area contributed by atoms with Crippen molar-refractivity contribution in [3.05, 3.63) is 57.9 Å². The van der Waals surface area contributed by atoms with E-state index in [-0.39, 0.29) is 11.4 Å². The van der Waals surface area contributed by atoms with Gasteiger partial charge >= 0.3 is 0 Å². The van der Waals surface area contributed by atoms with E-state index in [1.54, 1.807) is 6.08 Å². The van der Waals surface area contributed by atoms with Gasteiger partial charge in [-0.2, -0.15) is 10.0 Å². The van der Waals surface area contributed by atoms with E-state index < -0.39 is 5.91 Å². The normalized spacial score (nSPS) is 19.8. The van der Waals surface area contributed by atoms with Crippen LogP contribution in [0.2, 0.25) is 0 Å². The number of hydrogen-bond donors (Lipinski definition) is 1. The van der Waals surface area contributed by atoms with Crippen molar-refractivity contribution in [3.63, 3.8) is 0 Å². The molecule has 8 nitrogen and oxygen atoms in total. The van der Waals surface area contributed by atoms with Gasteiger partial charge in [-0.25, -0.2) is 0 Å². The Hall–Kier alpha value is -3.17. The number of nitrogens with one attached hydrogen (secondary N) is 1. The molecule has 0 aliphatic carbocycles. The maximum absolute atomic E-state index is 12.9. The molecule has 1 amide bonds. The lowest BCUT2D eigenvalue weighted by Gasteiger charge is -2.26. The van der Waals surface area contributed by atoms with E-state index in [1.807, 2.05) is 13.0 Å². The highest BCUT2D eigenvalue weighted by atomic mass is 32.2. The molecule has 5 rings (SSSR count). The van der Waals surface area contributed by atoms with E-state index in [9.17, 15) is 4.79 Å². The van der Waals surface area contributed by atoms with Crippen molar-refractivity contribution in [1.82, 2.24) is 14.5 Å². The Balaban J connectivity index is 1.49. The number of rotatable bonds is 2. The van der Waals surface area contributed by atoms with Crippen LogP contribution in [-0.2, 0) is 9.53 Å². The van der Waals surface area contributed by atoms with Crippen LogP contribution in [0.1, 0.15) is 28.1 Å². The Morgan fingerprint density at radius 3 is 2.64 bits per heavy atom. The number of hydrazone groups is 1. The topological polar surface area (TPSA) is 86.3 Å². The number of ether oxygens (including phenoxy) is 1. The Bertz CT molecular complexity index is 1270. The molecule has 4 heterocycles. The Morgan fingerprint density at radius 1 is 1.12 bits per heavy atom. The molecule has 9 heteroatoms. The summed E-state index contributed by atoms with van der Waals surface area (Å²) < 4.78 is 7.61. The second-order valence-electron chi connectivity index (χ2n) is 8.38. The van der Waals surface area contributed by atoms with Gasteiger partial charge in [0.15, 0.2) is 11.0 Å². The number of aryl methyl sites for hydroxylation is 2. The summed E-state index contributed by atoms with van der Waals surface area (Å²) in [6.07, 6.45) is 1.77. The van der Waals surface area contributed by atoms with Crippen molar-refractivity contribution in [2.45, 2.75) is 27.7 Å². The number of aromatic nitrogens is 1. The van der Waals surface area contributed by atoms with E-state index in [1.165, 1.54) is 27.9 Å². The lowest BCUT2D eigenvalue weighted by molar-refractivity contribution is -0.114. The monoisotopic (exact) mass is 462 g/mol. The maximum atomic E-state index is 12.9. The number of hydrogen-bond acceptors (Lipinski definition) is 6. The van der Waals surface area contributed by atoms with Gasteiger partial charge in [-0.05, 0) is 74.4 Å². The molecule has 1 aromatic heterocycles. The molecular weight excluding hydrogens is 436 g/mol. The van der Waals surface area contributed by atoms with Crippen LogP contribution in [0, 0.1) is 33.1 Å². The van der Waals surface area contributed by atoms with Crippen LogP contribution < -0.4 is 0 Å². The molecule has 0 unspecified atom stereocenters. The zero-order valence-electron chi connectivity index (χ0n) is 19.2. The third-order valence-corrected chi connectivity index (χ3v) is 7.28. The predicted octanol–water partition coefficient (Wildman–Crippen LogP) is 3.62. The van der Waals surface area contributed by atoms with Gasteiger partial charge < -0.3 is 14.2 Å². The molecule has 3 aliphatic heterocycles. The molecule has 0 radical (unpaired) electrons. The summed E-state index contributed by atoms with van der Waals surface area (Å²) >= 11 is 1.33. The van der Waals surface area contributed by atoms with Crippen LogP contribution in [0.4, 0.5) is 0 Å². The fourth-order valence-corrected chi connectivity index (χ4v) is 5.25. The number of amides is 1. The van der Waals surface area contributed by atoms with Crippen LogP contribution >= 0.6 is 11.8 Å². The first-order valence-electron chi connectivity index (χ1n) is 10.9. The molecule has 2 aromatic rings. The largest absolute Gasteiger partial charge is 0.378 e. The molecular formula is C24H26N6O2S. The van der Waals surface area contributed by atoms with E-state index in [0.717, 1.165) is 40.9 Å². The summed E-state index contributed by atoms with van der Waals surface area (Å²) in [5, 5.41) is 15.9. The summed E-state index contributed by atoms with van der Waals surface area (Å²) in [7, 11) is 0. The molecule has 170 valence electrons. The molecule has 0 atom stereocenters. The molecule has 1 N–H and O–H groups in total. The number of nitrogens with zero attached hydrogens (tertiary/aromatic N) is 5. The van der Waals surface area contributed by atoms with Gasteiger partial charge in [-0.15, -0.1) is 5.10 Å². The smallest absolute Gasteiger partial charge is 0.283 e. The number of aliphatic imine (C=N–C) groups is 1. The minimum absolute atomic E-state index is 0.0531. The maximum Gasteiger partial charge on any atom is 0.283 e. The fraction of sp³-hybridized carbons (Fsp3) is 0.333. The minimum atomic E-state index is -0.409. The van der Waals surface area contributed by atoms with E-state index >= 15 is 0 Å². The van der Waals surface area contributed by atoms with Gasteiger partial charge in [0.2, 0.25) is 5.17 Å². The highest BCUT2D eigenvalue weighted by Gasteiger charge is 2.37. The van der Waals surface area contributed by atoms with E-state index in [2.05, 4.69) is 58.5 Å². The first-order chi connectivity index (χ1) is 15.8. The molecule has 3 aliphatic rings. The van der Waals surface area contributed by atoms with Crippen LogP contribution in [0.3, 0.4) is 0 Å². The average Bonchev–Trinajstić information content (AvgIpc) is 3.34. The van der Waals surface area contributed by atoms with Crippen molar-refractivity contribution in [2.75, 3.05) is 26.3 Å². The Morgan fingerprint density at radius 2 is 1.88 bits per heavy atom. The lowest BCUT2D eigenvalue weighted by atomic mass is 10.1. The minimum Gasteiger partial charge on any atom is -0.378 e. The van der Waals surface area contributed by atoms with Gasteiger partial charge in [0.1, 0.15) is 0 Å². The summed E-state index contributed by atoms with van der Waals surface area (Å²) in [6.45, 7) is 11.1. The van der Waals surface area contributed by atoms with Crippen LogP contribution in [0.15, 0.2) is 39.9 Å². The molecule has 1 saturated heterocycles. The molecule has 0 bridgehead atoms. The number of carbonyl (C=O) groups is 1. The van der Waals surface area contributed by atoms with Gasteiger partial charge in [-0.1, -0.05) is 12.1 Å². The number of benzene rings is 1. The first kappa shape index (κ1) is 21.7. The zero-order valence-corrected chi connectivity index (χ0v) is 20.0. The van der Waals surface area contributed by atoms with E-state index in [0.29, 0.717) is 18.4 Å². The standard InChI is InChI=1S/C24H26N6O2S/c1-14-6-5-7-20(16(14)3)29-15(2)12-18(17(29)4)13-19-21(25)30-23(26-22(19)31)33-24(27-30)28-8-10-32-11-9-28/h5-7,12-13,25H,8-11H2,1-4H3/b19-13-,25-21?. The predicted molar refractivity (Wildman–Crippen MR) is 132 cm³/mol. The molecule has 1 aromatic carbocycles. The SMILES string of the molecule is Cc1cccc(-n2c(C)cc(/C=C3/C(=N)N4N=C(N5CCOCC5)SC4=NC3=O)c2C)c1C. The number of carbonyl (C=O) groups excluding carboxylic acids is 1. The number of amidine groups is 3. The highest BCUT2D eigenvalue weighted by Crippen LogP contribution is 2.31. The van der Waals surface area contributed by atoms with Crippen molar-refractivity contribution in [2.24, 2.45) is 10.1 Å². The number of fused-ring (bicyclic) bond motifs is 1. The van der Waals surface area contributed by atoms with Gasteiger partial charge in [0.05, 0.1) is 18.8 Å². The van der Waals surface area contributed by atoms with Crippen LogP contribution in [0.25, 0.3) is 11.8 Å². The molecule has 0 saturated carbocycles. The van der Waals surface area contributed by atoms with Gasteiger partial charge in [-0.3, -0.25) is 10.2 Å². The van der Waals surface area contributed by atoms with Crippen LogP contribution in [-0.4, -0.2) is 62.9 Å². The van der Waals surface area contributed by atoms with Gasteiger partial charge in [0.25, 0.3) is 5.91 Å². The van der Waals surface area contributed by atoms with Crippen molar-refractivity contribution >= 4 is 39.9 Å². The second-order valence-corrected chi connectivity index (χ2v) is 9.32. The fourth-order valence-electron chi connectivity index (χ4n) is 4.30. The first-order valence-corrected chi connectivity index (χ1v) is 11.7. The summed E-state index contributed by atoms with van der Waals surface area (Å²) in [4.78, 5) is 19.2. The van der Waals surface area contributed by atoms with Crippen molar-refractivity contribution < 1.29 is 9.53 Å². The molecule has 0 spiro atoms. The van der Waals surface area contributed by atoms with Gasteiger partial charge in [0, 0.05) is 30.2 Å². The summed E-state index contributed by atoms with van der Waals surface area (Å²) in [5.74, 6) is -0.356. The number of thioether (sulfide) groups is 1. The van der Waals surface area contributed by atoms with Crippen LogP contribution in [0.5, 0.6) is 0 Å². The number of morpholine rings is 1. The van der Waals surface area contributed by atoms with Crippen molar-refractivity contribution in [1.29, 1.82) is 5.41 Å². The average molecular weight is 463 g/mol. The highest BCUT2D eigenvalue weighted by molar-refractivity contribution is 8.26. The lowest BCUT2D eigenvalue weighted by Crippen LogP contribution is -2.39. The molecule has 33 heavy (non-hydrogen) atoms. The summed E-state index contributed by atoms with van der Waals surface area (Å²) in [6, 6.07) is 8.31. The third-order valence-electron chi connectivity index (χ3n) is 6.31. The zero-order chi connectivity index (χ0) is 23.3. The van der Waals surface area contributed by atoms with Crippen molar-refractivity contribution in [3.8, 4) is 5.69 Å². The Kier molecular flexibility index (Phi) is 5.46. The third kappa shape index (κ3) is 3.71. The quantitative estimate of drug-likeness (QED) is 0.689. The second kappa shape index (κ2) is 8.31. The molecule has 1 fully saturated rings.